The number of hydrogen-bond donors (Lipinski definition) is 3. The zero-order valence-electron chi connectivity index (χ0n) is 11.0. The minimum Gasteiger partial charge on any atom is -0.399 e. The van der Waals surface area contributed by atoms with E-state index in [-0.39, 0.29) is 5.69 Å². The molecule has 0 spiro atoms. The van der Waals surface area contributed by atoms with Gasteiger partial charge in [0.05, 0.1) is 6.10 Å². The molecule has 0 radical (unpaired) electrons. The first-order chi connectivity index (χ1) is 9.40. The van der Waals surface area contributed by atoms with E-state index in [0.717, 1.165) is 31.4 Å². The van der Waals surface area contributed by atoms with Gasteiger partial charge in [-0.25, -0.2) is 17.5 Å². The Morgan fingerprint density at radius 3 is 2.65 bits per heavy atom. The molecule has 20 heavy (non-hydrogen) atoms. The number of aliphatic hydroxyl groups excluding tert-OH is 1. The zero-order chi connectivity index (χ0) is 14.8. The number of aliphatic hydroxyl groups is 1. The lowest BCUT2D eigenvalue weighted by Gasteiger charge is -2.21. The van der Waals surface area contributed by atoms with Crippen molar-refractivity contribution in [2.75, 3.05) is 5.73 Å². The highest BCUT2D eigenvalue weighted by Crippen LogP contribution is 2.22. The van der Waals surface area contributed by atoms with E-state index >= 15 is 0 Å². The average Bonchev–Trinajstić information content (AvgIpc) is 2.54. The van der Waals surface area contributed by atoms with Gasteiger partial charge in [0.1, 0.15) is 10.7 Å². The Hall–Kier alpha value is -1.18. The maximum absolute atomic E-state index is 13.7. The standard InChI is InChI=1S/C13H19FN2O3S/c14-10-8-9(15)6-7-13(10)20(18,19)16-11-4-2-1-3-5-12(11)17/h6-8,11-12,16-17H,1-5,15H2. The summed E-state index contributed by atoms with van der Waals surface area (Å²) in [5.74, 6) is -0.888. The normalized spacial score (nSPS) is 24.3. The van der Waals surface area contributed by atoms with Crippen LogP contribution < -0.4 is 10.5 Å². The molecule has 0 heterocycles. The Morgan fingerprint density at radius 1 is 1.25 bits per heavy atom. The summed E-state index contributed by atoms with van der Waals surface area (Å²) in [6.45, 7) is 0. The predicted molar refractivity (Wildman–Crippen MR) is 74.0 cm³/mol. The van der Waals surface area contributed by atoms with Crippen LogP contribution in [0.25, 0.3) is 0 Å². The van der Waals surface area contributed by atoms with Crippen molar-refractivity contribution in [1.82, 2.24) is 4.72 Å². The molecule has 1 aliphatic rings. The average molecular weight is 302 g/mol. The van der Waals surface area contributed by atoms with Crippen LogP contribution in [0.3, 0.4) is 0 Å². The fourth-order valence-corrected chi connectivity index (χ4v) is 3.79. The molecule has 0 aromatic heterocycles. The SMILES string of the molecule is Nc1ccc(S(=O)(=O)NC2CCCCCC2O)c(F)c1. The molecular weight excluding hydrogens is 283 g/mol. The molecule has 1 aromatic rings. The van der Waals surface area contributed by atoms with Gasteiger partial charge in [0.2, 0.25) is 10.0 Å². The molecule has 5 nitrogen and oxygen atoms in total. The number of nitrogen functional groups attached to an aromatic ring is 1. The summed E-state index contributed by atoms with van der Waals surface area (Å²) in [6, 6.07) is 2.87. The highest BCUT2D eigenvalue weighted by molar-refractivity contribution is 7.89. The molecule has 1 aromatic carbocycles. The fraction of sp³-hybridized carbons (Fsp3) is 0.538. The van der Waals surface area contributed by atoms with Gasteiger partial charge in [0.25, 0.3) is 0 Å². The van der Waals surface area contributed by atoms with E-state index in [4.69, 9.17) is 5.73 Å². The van der Waals surface area contributed by atoms with Crippen LogP contribution in [-0.4, -0.2) is 25.7 Å². The van der Waals surface area contributed by atoms with Gasteiger partial charge >= 0.3 is 0 Å². The number of nitrogens with one attached hydrogen (secondary N) is 1. The van der Waals surface area contributed by atoms with Crippen molar-refractivity contribution in [2.45, 2.75) is 49.1 Å². The van der Waals surface area contributed by atoms with Gasteiger partial charge in [-0.15, -0.1) is 0 Å². The van der Waals surface area contributed by atoms with Crippen molar-refractivity contribution < 1.29 is 17.9 Å². The highest BCUT2D eigenvalue weighted by Gasteiger charge is 2.28. The number of halogens is 1. The number of nitrogens with two attached hydrogens (primary N) is 1. The Bertz CT molecular complexity index is 577. The van der Waals surface area contributed by atoms with Crippen LogP contribution in [0.5, 0.6) is 0 Å². The number of hydrogen-bond acceptors (Lipinski definition) is 4. The van der Waals surface area contributed by atoms with Crippen molar-refractivity contribution in [3.63, 3.8) is 0 Å². The van der Waals surface area contributed by atoms with Crippen LogP contribution in [0.4, 0.5) is 10.1 Å². The van der Waals surface area contributed by atoms with Gasteiger partial charge in [0, 0.05) is 11.7 Å². The lowest BCUT2D eigenvalue weighted by Crippen LogP contribution is -2.42. The molecule has 2 unspecified atom stereocenters. The Kier molecular flexibility index (Phi) is 4.62. The van der Waals surface area contributed by atoms with Crippen LogP contribution in [0, 0.1) is 5.82 Å². The molecule has 1 aliphatic carbocycles. The van der Waals surface area contributed by atoms with Crippen LogP contribution in [0.2, 0.25) is 0 Å². The summed E-state index contributed by atoms with van der Waals surface area (Å²) in [4.78, 5) is -0.442. The smallest absolute Gasteiger partial charge is 0.243 e. The van der Waals surface area contributed by atoms with Gasteiger partial charge in [-0.05, 0) is 31.0 Å². The zero-order valence-corrected chi connectivity index (χ0v) is 11.9. The Morgan fingerprint density at radius 2 is 1.95 bits per heavy atom. The molecule has 7 heteroatoms. The second-order valence-corrected chi connectivity index (χ2v) is 6.81. The summed E-state index contributed by atoms with van der Waals surface area (Å²) in [5, 5.41) is 9.93. The number of benzene rings is 1. The Labute approximate surface area is 118 Å². The molecule has 4 N–H and O–H groups in total. The number of rotatable bonds is 3. The molecule has 1 fully saturated rings. The second-order valence-electron chi connectivity index (χ2n) is 5.12. The number of anilines is 1. The molecule has 0 amide bonds. The first kappa shape index (κ1) is 15.2. The largest absolute Gasteiger partial charge is 0.399 e. The molecule has 0 aliphatic heterocycles. The van der Waals surface area contributed by atoms with Crippen molar-refractivity contribution in [3.8, 4) is 0 Å². The van der Waals surface area contributed by atoms with Gasteiger partial charge in [-0.2, -0.15) is 0 Å². The van der Waals surface area contributed by atoms with Crippen molar-refractivity contribution >= 4 is 15.7 Å². The summed E-state index contributed by atoms with van der Waals surface area (Å²) in [6.07, 6.45) is 3.05. The monoisotopic (exact) mass is 302 g/mol. The van der Waals surface area contributed by atoms with E-state index < -0.39 is 32.9 Å². The molecule has 1 saturated carbocycles. The van der Waals surface area contributed by atoms with Crippen molar-refractivity contribution in [3.05, 3.63) is 24.0 Å². The summed E-state index contributed by atoms with van der Waals surface area (Å²) < 4.78 is 40.5. The van der Waals surface area contributed by atoms with Crippen molar-refractivity contribution in [2.24, 2.45) is 0 Å². The summed E-state index contributed by atoms with van der Waals surface area (Å²) >= 11 is 0. The lowest BCUT2D eigenvalue weighted by molar-refractivity contribution is 0.130. The van der Waals surface area contributed by atoms with Crippen LogP contribution in [0.1, 0.15) is 32.1 Å². The van der Waals surface area contributed by atoms with E-state index in [1.54, 1.807) is 0 Å². The maximum Gasteiger partial charge on any atom is 0.243 e. The predicted octanol–water partition coefficient (Wildman–Crippen LogP) is 1.38. The quantitative estimate of drug-likeness (QED) is 0.581. The van der Waals surface area contributed by atoms with Gasteiger partial charge < -0.3 is 10.8 Å². The lowest BCUT2D eigenvalue weighted by atomic mass is 10.1. The molecular formula is C13H19FN2O3S. The minimum absolute atomic E-state index is 0.163. The third-order valence-electron chi connectivity index (χ3n) is 3.53. The Balaban J connectivity index is 2.21. The van der Waals surface area contributed by atoms with E-state index in [0.29, 0.717) is 12.8 Å². The van der Waals surface area contributed by atoms with Crippen LogP contribution in [-0.2, 0) is 10.0 Å². The maximum atomic E-state index is 13.7. The summed E-state index contributed by atoms with van der Waals surface area (Å²) in [5.41, 5.74) is 5.57. The summed E-state index contributed by atoms with van der Waals surface area (Å²) in [7, 11) is -4.00. The molecule has 2 rings (SSSR count). The van der Waals surface area contributed by atoms with Gasteiger partial charge in [-0.3, -0.25) is 0 Å². The van der Waals surface area contributed by atoms with E-state index in [2.05, 4.69) is 4.72 Å². The molecule has 112 valence electrons. The van der Waals surface area contributed by atoms with Crippen LogP contribution in [0.15, 0.2) is 23.1 Å². The number of sulfonamides is 1. The van der Waals surface area contributed by atoms with E-state index in [1.807, 2.05) is 0 Å². The first-order valence-electron chi connectivity index (χ1n) is 6.65. The van der Waals surface area contributed by atoms with E-state index in [1.165, 1.54) is 6.07 Å². The van der Waals surface area contributed by atoms with Crippen LogP contribution >= 0.6 is 0 Å². The topological polar surface area (TPSA) is 92.4 Å². The molecule has 0 bridgehead atoms. The fourth-order valence-electron chi connectivity index (χ4n) is 2.42. The molecule has 0 saturated heterocycles. The van der Waals surface area contributed by atoms with Gasteiger partial charge in [-0.1, -0.05) is 19.3 Å². The third kappa shape index (κ3) is 3.47. The molecule has 2 atom stereocenters. The highest BCUT2D eigenvalue weighted by atomic mass is 32.2. The first-order valence-corrected chi connectivity index (χ1v) is 8.14. The van der Waals surface area contributed by atoms with Crippen molar-refractivity contribution in [1.29, 1.82) is 0 Å². The van der Waals surface area contributed by atoms with Gasteiger partial charge in [0.15, 0.2) is 0 Å². The third-order valence-corrected chi connectivity index (χ3v) is 5.05. The minimum atomic E-state index is -4.00. The van der Waals surface area contributed by atoms with E-state index in [9.17, 15) is 17.9 Å². The second kappa shape index (κ2) is 6.07.